The van der Waals surface area contributed by atoms with Gasteiger partial charge in [0, 0.05) is 13.5 Å². The van der Waals surface area contributed by atoms with Gasteiger partial charge in [0.1, 0.15) is 0 Å². The van der Waals surface area contributed by atoms with Crippen molar-refractivity contribution in [2.75, 3.05) is 20.2 Å². The van der Waals surface area contributed by atoms with Gasteiger partial charge in [-0.1, -0.05) is 0 Å². The molecule has 7 heteroatoms. The number of hydrogen-bond donors (Lipinski definition) is 1. The molecule has 0 spiro atoms. The molecule has 1 aliphatic heterocycles. The number of aliphatic carboxylic acids is 1. The second kappa shape index (κ2) is 6.33. The quantitative estimate of drug-likeness (QED) is 0.701. The minimum Gasteiger partial charge on any atom is -0.480 e. The molecule has 1 amide bonds. The zero-order valence-electron chi connectivity index (χ0n) is 10.5. The lowest BCUT2D eigenvalue weighted by atomic mass is 9.98. The van der Waals surface area contributed by atoms with Crippen molar-refractivity contribution in [1.29, 1.82) is 5.26 Å². The molecule has 0 aromatic carbocycles. The topological polar surface area (TPSA) is 93.9 Å². The molecule has 0 bridgehead atoms. The molecule has 7 nitrogen and oxygen atoms in total. The third-order valence-corrected chi connectivity index (χ3v) is 2.99. The van der Waals surface area contributed by atoms with Crippen LogP contribution < -0.4 is 0 Å². The number of amides is 1. The number of carboxylic acid groups (broad SMARTS) is 1. The molecule has 1 aliphatic rings. The SMILES string of the molecule is CON(C(C)=O)C1CCC(C#N)N(CC(=O)O)C1. The number of likely N-dealkylation sites (tertiary alicyclic amines) is 1. The number of nitriles is 1. The fourth-order valence-electron chi connectivity index (χ4n) is 2.24. The maximum Gasteiger partial charge on any atom is 0.317 e. The highest BCUT2D eigenvalue weighted by Gasteiger charge is 2.33. The summed E-state index contributed by atoms with van der Waals surface area (Å²) in [5, 5.41) is 19.0. The molecular formula is C11H17N3O4. The Balaban J connectivity index is 2.74. The summed E-state index contributed by atoms with van der Waals surface area (Å²) in [6, 6.07) is 1.46. The van der Waals surface area contributed by atoms with Crippen LogP contribution in [0.5, 0.6) is 0 Å². The molecule has 18 heavy (non-hydrogen) atoms. The molecule has 2 atom stereocenters. The minimum absolute atomic E-state index is 0.204. The van der Waals surface area contributed by atoms with E-state index in [1.807, 2.05) is 0 Å². The average molecular weight is 255 g/mol. The van der Waals surface area contributed by atoms with Gasteiger partial charge in [0.15, 0.2) is 0 Å². The van der Waals surface area contributed by atoms with Crippen molar-refractivity contribution in [3.8, 4) is 6.07 Å². The van der Waals surface area contributed by atoms with Gasteiger partial charge in [0.05, 0.1) is 31.8 Å². The van der Waals surface area contributed by atoms with Crippen molar-refractivity contribution in [2.45, 2.75) is 31.8 Å². The molecule has 0 saturated carbocycles. The van der Waals surface area contributed by atoms with Crippen LogP contribution in [0.1, 0.15) is 19.8 Å². The number of hydrogen-bond acceptors (Lipinski definition) is 5. The Morgan fingerprint density at radius 2 is 2.22 bits per heavy atom. The molecule has 1 saturated heterocycles. The normalized spacial score (nSPS) is 24.3. The third kappa shape index (κ3) is 3.42. The summed E-state index contributed by atoms with van der Waals surface area (Å²) < 4.78 is 0. The number of carboxylic acids is 1. The van der Waals surface area contributed by atoms with Crippen molar-refractivity contribution < 1.29 is 19.5 Å². The summed E-state index contributed by atoms with van der Waals surface area (Å²) in [6.07, 6.45) is 1.16. The Bertz CT molecular complexity index is 366. The van der Waals surface area contributed by atoms with Crippen molar-refractivity contribution in [3.63, 3.8) is 0 Å². The summed E-state index contributed by atoms with van der Waals surface area (Å²) in [7, 11) is 1.40. The predicted octanol–water partition coefficient (Wildman–Crippen LogP) is -0.163. The van der Waals surface area contributed by atoms with E-state index in [0.717, 1.165) is 0 Å². The number of rotatable bonds is 4. The highest BCUT2D eigenvalue weighted by Crippen LogP contribution is 2.21. The lowest BCUT2D eigenvalue weighted by Gasteiger charge is -2.39. The molecule has 1 N–H and O–H groups in total. The van der Waals surface area contributed by atoms with Gasteiger partial charge in [-0.2, -0.15) is 5.26 Å². The van der Waals surface area contributed by atoms with Crippen molar-refractivity contribution in [3.05, 3.63) is 0 Å². The lowest BCUT2D eigenvalue weighted by molar-refractivity contribution is -0.192. The Hall–Kier alpha value is -1.65. The molecular weight excluding hydrogens is 238 g/mol. The van der Waals surface area contributed by atoms with E-state index in [2.05, 4.69) is 6.07 Å². The molecule has 1 fully saturated rings. The molecule has 0 aromatic heterocycles. The van der Waals surface area contributed by atoms with Crippen LogP contribution in [0.3, 0.4) is 0 Å². The van der Waals surface area contributed by atoms with E-state index in [-0.39, 0.29) is 18.5 Å². The molecule has 1 rings (SSSR count). The largest absolute Gasteiger partial charge is 0.480 e. The van der Waals surface area contributed by atoms with Crippen LogP contribution in [-0.2, 0) is 14.4 Å². The second-order valence-corrected chi connectivity index (χ2v) is 4.23. The molecule has 0 aromatic rings. The first-order chi connectivity index (χ1) is 8.49. The van der Waals surface area contributed by atoms with Crippen LogP contribution in [0.15, 0.2) is 0 Å². The van der Waals surface area contributed by atoms with Crippen molar-refractivity contribution in [2.24, 2.45) is 0 Å². The summed E-state index contributed by atoms with van der Waals surface area (Å²) in [5.41, 5.74) is 0. The molecule has 0 radical (unpaired) electrons. The summed E-state index contributed by atoms with van der Waals surface area (Å²) >= 11 is 0. The van der Waals surface area contributed by atoms with Crippen molar-refractivity contribution >= 4 is 11.9 Å². The smallest absolute Gasteiger partial charge is 0.317 e. The first kappa shape index (κ1) is 14.4. The zero-order chi connectivity index (χ0) is 13.7. The molecule has 2 unspecified atom stereocenters. The van der Waals surface area contributed by atoms with Crippen LogP contribution in [0.25, 0.3) is 0 Å². The van der Waals surface area contributed by atoms with Gasteiger partial charge in [0.2, 0.25) is 5.91 Å². The number of piperidine rings is 1. The lowest BCUT2D eigenvalue weighted by Crippen LogP contribution is -2.53. The van der Waals surface area contributed by atoms with E-state index in [1.54, 1.807) is 4.90 Å². The summed E-state index contributed by atoms with van der Waals surface area (Å²) in [6.45, 7) is 1.52. The monoisotopic (exact) mass is 255 g/mol. The van der Waals surface area contributed by atoms with E-state index >= 15 is 0 Å². The van der Waals surface area contributed by atoms with Crippen LogP contribution in [-0.4, -0.2) is 59.2 Å². The van der Waals surface area contributed by atoms with Crippen LogP contribution in [0.2, 0.25) is 0 Å². The van der Waals surface area contributed by atoms with Crippen LogP contribution in [0.4, 0.5) is 0 Å². The number of carbonyl (C=O) groups is 2. The maximum absolute atomic E-state index is 11.4. The van der Waals surface area contributed by atoms with Gasteiger partial charge in [-0.25, -0.2) is 5.06 Å². The Morgan fingerprint density at radius 1 is 1.56 bits per heavy atom. The number of nitrogens with zero attached hydrogens (tertiary/aromatic N) is 3. The fraction of sp³-hybridized carbons (Fsp3) is 0.727. The van der Waals surface area contributed by atoms with E-state index in [0.29, 0.717) is 19.4 Å². The van der Waals surface area contributed by atoms with Crippen molar-refractivity contribution in [1.82, 2.24) is 9.96 Å². The van der Waals surface area contributed by atoms with E-state index in [4.69, 9.17) is 15.2 Å². The third-order valence-electron chi connectivity index (χ3n) is 2.99. The van der Waals surface area contributed by atoms with Gasteiger partial charge in [-0.3, -0.25) is 19.3 Å². The van der Waals surface area contributed by atoms with Crippen LogP contribution in [0, 0.1) is 11.3 Å². The highest BCUT2D eigenvalue weighted by atomic mass is 16.7. The summed E-state index contributed by atoms with van der Waals surface area (Å²) in [5.74, 6) is -1.21. The van der Waals surface area contributed by atoms with Gasteiger partial charge >= 0.3 is 5.97 Å². The van der Waals surface area contributed by atoms with Gasteiger partial charge in [-0.05, 0) is 12.8 Å². The predicted molar refractivity (Wildman–Crippen MR) is 61.2 cm³/mol. The number of hydroxylamine groups is 2. The first-order valence-corrected chi connectivity index (χ1v) is 5.69. The Labute approximate surface area is 105 Å². The molecule has 100 valence electrons. The summed E-state index contributed by atoms with van der Waals surface area (Å²) in [4.78, 5) is 28.7. The molecule has 1 heterocycles. The zero-order valence-corrected chi connectivity index (χ0v) is 10.5. The highest BCUT2D eigenvalue weighted by molar-refractivity contribution is 5.72. The minimum atomic E-state index is -0.984. The second-order valence-electron chi connectivity index (χ2n) is 4.23. The van der Waals surface area contributed by atoms with Gasteiger partial charge in [-0.15, -0.1) is 0 Å². The van der Waals surface area contributed by atoms with E-state index in [9.17, 15) is 9.59 Å². The Morgan fingerprint density at radius 3 is 2.67 bits per heavy atom. The fourth-order valence-corrected chi connectivity index (χ4v) is 2.24. The van der Waals surface area contributed by atoms with Crippen LogP contribution >= 0.6 is 0 Å². The molecule has 0 aliphatic carbocycles. The first-order valence-electron chi connectivity index (χ1n) is 5.69. The standard InChI is InChI=1S/C11H17N3O4/c1-8(15)14(18-2)10-4-3-9(5-12)13(6-10)7-11(16)17/h9-10H,3-4,6-7H2,1-2H3,(H,16,17). The Kier molecular flexibility index (Phi) is 5.07. The van der Waals surface area contributed by atoms with Gasteiger partial charge in [0.25, 0.3) is 0 Å². The number of carbonyl (C=O) groups excluding carboxylic acids is 1. The maximum atomic E-state index is 11.4. The average Bonchev–Trinajstić information content (AvgIpc) is 2.29. The van der Waals surface area contributed by atoms with Gasteiger partial charge < -0.3 is 5.11 Å². The van der Waals surface area contributed by atoms with E-state index in [1.165, 1.54) is 19.1 Å². The van der Waals surface area contributed by atoms with E-state index < -0.39 is 12.0 Å².